The molecule has 6 nitrogen and oxygen atoms in total. The molecule has 0 bridgehead atoms. The first-order valence-corrected chi connectivity index (χ1v) is 8.80. The minimum absolute atomic E-state index is 0.102. The van der Waals surface area contributed by atoms with E-state index in [1.807, 2.05) is 42.6 Å². The molecule has 0 saturated heterocycles. The molecule has 2 amide bonds. The van der Waals surface area contributed by atoms with E-state index >= 15 is 0 Å². The topological polar surface area (TPSA) is 76.0 Å². The number of benzene rings is 2. The average Bonchev–Trinajstić information content (AvgIpc) is 3.15. The fraction of sp³-hybridized carbons (Fsp3) is 0.105. The summed E-state index contributed by atoms with van der Waals surface area (Å²) in [6.45, 7) is 0.540. The van der Waals surface area contributed by atoms with Gasteiger partial charge in [0, 0.05) is 22.4 Å². The van der Waals surface area contributed by atoms with Gasteiger partial charge in [0.15, 0.2) is 0 Å². The van der Waals surface area contributed by atoms with Gasteiger partial charge in [0.1, 0.15) is 0 Å². The minimum Gasteiger partial charge on any atom is -0.343 e. The van der Waals surface area contributed by atoms with Crippen LogP contribution in [-0.4, -0.2) is 28.1 Å². The first-order valence-electron chi connectivity index (χ1n) is 8.01. The van der Waals surface area contributed by atoms with Gasteiger partial charge in [-0.15, -0.1) is 0 Å². The van der Waals surface area contributed by atoms with Crippen LogP contribution in [0.3, 0.4) is 0 Å². The Labute approximate surface area is 159 Å². The largest absolute Gasteiger partial charge is 0.343 e. The van der Waals surface area contributed by atoms with Crippen LogP contribution < -0.4 is 10.6 Å². The lowest BCUT2D eigenvalue weighted by atomic mass is 10.1. The van der Waals surface area contributed by atoms with Crippen molar-refractivity contribution in [3.63, 3.8) is 0 Å². The number of carbonyl (C=O) groups excluding carboxylic acids is 2. The van der Waals surface area contributed by atoms with Gasteiger partial charge < -0.3 is 10.6 Å². The quantitative estimate of drug-likeness (QED) is 0.652. The Hall–Kier alpha value is -2.93. The molecule has 0 unspecified atom stereocenters. The van der Waals surface area contributed by atoms with Crippen molar-refractivity contribution in [1.82, 2.24) is 15.1 Å². The molecule has 7 heteroatoms. The summed E-state index contributed by atoms with van der Waals surface area (Å²) in [4.78, 5) is 24.2. The second-order valence-corrected chi connectivity index (χ2v) is 6.47. The van der Waals surface area contributed by atoms with E-state index in [2.05, 4.69) is 31.7 Å². The highest BCUT2D eigenvalue weighted by Gasteiger charge is 2.09. The van der Waals surface area contributed by atoms with Gasteiger partial charge in [0.05, 0.1) is 18.8 Å². The Morgan fingerprint density at radius 3 is 2.50 bits per heavy atom. The van der Waals surface area contributed by atoms with E-state index < -0.39 is 0 Å². The van der Waals surface area contributed by atoms with Crippen LogP contribution in [0.5, 0.6) is 0 Å². The maximum Gasteiger partial charge on any atom is 0.251 e. The summed E-state index contributed by atoms with van der Waals surface area (Å²) in [5.41, 5.74) is 2.20. The van der Waals surface area contributed by atoms with Crippen LogP contribution in [-0.2, 0) is 11.3 Å². The lowest BCUT2D eigenvalue weighted by Gasteiger charge is -2.09. The molecule has 2 aromatic carbocycles. The number of carbonyl (C=O) groups is 2. The van der Waals surface area contributed by atoms with Crippen molar-refractivity contribution in [2.24, 2.45) is 0 Å². The smallest absolute Gasteiger partial charge is 0.251 e. The van der Waals surface area contributed by atoms with Crippen LogP contribution in [0, 0.1) is 0 Å². The summed E-state index contributed by atoms with van der Waals surface area (Å²) in [5.74, 6) is -0.585. The van der Waals surface area contributed by atoms with Crippen molar-refractivity contribution in [3.05, 3.63) is 82.6 Å². The molecule has 3 rings (SSSR count). The normalized spacial score (nSPS) is 10.3. The van der Waals surface area contributed by atoms with Crippen molar-refractivity contribution < 1.29 is 9.59 Å². The van der Waals surface area contributed by atoms with Crippen LogP contribution in [0.1, 0.15) is 15.9 Å². The van der Waals surface area contributed by atoms with E-state index in [4.69, 9.17) is 0 Å². The molecular weight excluding hydrogens is 396 g/mol. The fourth-order valence-electron chi connectivity index (χ4n) is 2.36. The van der Waals surface area contributed by atoms with Crippen molar-refractivity contribution in [2.45, 2.75) is 6.54 Å². The summed E-state index contributed by atoms with van der Waals surface area (Å²) < 4.78 is 2.59. The van der Waals surface area contributed by atoms with E-state index in [9.17, 15) is 9.59 Å². The van der Waals surface area contributed by atoms with Gasteiger partial charge in [0.25, 0.3) is 5.91 Å². The third-order valence-electron chi connectivity index (χ3n) is 3.68. The molecule has 0 radical (unpaired) electrons. The second kappa shape index (κ2) is 8.44. The van der Waals surface area contributed by atoms with Crippen LogP contribution in [0.25, 0.3) is 0 Å². The number of para-hydroxylation sites is 1. The lowest BCUT2D eigenvalue weighted by Crippen LogP contribution is -2.32. The molecule has 3 aromatic rings. The number of nitrogens with one attached hydrogen (secondary N) is 2. The van der Waals surface area contributed by atoms with Gasteiger partial charge in [-0.25, -0.2) is 0 Å². The molecule has 1 aromatic heterocycles. The fourth-order valence-corrected chi connectivity index (χ4v) is 2.75. The summed E-state index contributed by atoms with van der Waals surface area (Å²) in [6.07, 6.45) is 3.60. The van der Waals surface area contributed by atoms with E-state index in [0.717, 1.165) is 10.0 Å². The third-order valence-corrected chi connectivity index (χ3v) is 4.37. The monoisotopic (exact) mass is 412 g/mol. The maximum absolute atomic E-state index is 12.2. The predicted octanol–water partition coefficient (Wildman–Crippen LogP) is 3.06. The van der Waals surface area contributed by atoms with Crippen LogP contribution in [0.4, 0.5) is 5.69 Å². The zero-order valence-corrected chi connectivity index (χ0v) is 15.4. The van der Waals surface area contributed by atoms with Crippen molar-refractivity contribution >= 4 is 33.4 Å². The van der Waals surface area contributed by atoms with E-state index in [-0.39, 0.29) is 18.4 Å². The summed E-state index contributed by atoms with van der Waals surface area (Å²) >= 11 is 3.36. The van der Waals surface area contributed by atoms with E-state index in [0.29, 0.717) is 17.8 Å². The number of hydrogen-bond donors (Lipinski definition) is 2. The molecule has 0 fully saturated rings. The standard InChI is InChI=1S/C19H17BrN4O2/c20-16-4-1-2-5-17(16)23-18(25)12-21-19(26)15-8-6-14(7-9-15)13-24-11-3-10-22-24/h1-11H,12-13H2,(H,21,26)(H,23,25). The molecule has 2 N–H and O–H groups in total. The highest BCUT2D eigenvalue weighted by atomic mass is 79.9. The first kappa shape index (κ1) is 17.9. The zero-order valence-electron chi connectivity index (χ0n) is 13.9. The number of halogens is 1. The van der Waals surface area contributed by atoms with E-state index in [1.165, 1.54) is 0 Å². The van der Waals surface area contributed by atoms with Gasteiger partial charge in [0.2, 0.25) is 5.91 Å². The Balaban J connectivity index is 1.51. The number of anilines is 1. The number of amides is 2. The number of hydrogen-bond acceptors (Lipinski definition) is 3. The van der Waals surface area contributed by atoms with Crippen LogP contribution >= 0.6 is 15.9 Å². The Morgan fingerprint density at radius 2 is 1.81 bits per heavy atom. The zero-order chi connectivity index (χ0) is 18.4. The summed E-state index contributed by atoms with van der Waals surface area (Å²) in [6, 6.07) is 16.4. The Morgan fingerprint density at radius 1 is 1.04 bits per heavy atom. The molecule has 1 heterocycles. The first-order chi connectivity index (χ1) is 12.6. The summed E-state index contributed by atoms with van der Waals surface area (Å²) in [7, 11) is 0. The average molecular weight is 413 g/mol. The summed E-state index contributed by atoms with van der Waals surface area (Å²) in [5, 5.41) is 9.51. The molecule has 132 valence electrons. The molecule has 0 atom stereocenters. The third kappa shape index (κ3) is 4.80. The van der Waals surface area contributed by atoms with Crippen molar-refractivity contribution in [1.29, 1.82) is 0 Å². The lowest BCUT2D eigenvalue weighted by molar-refractivity contribution is -0.115. The number of aromatic nitrogens is 2. The molecule has 0 aliphatic carbocycles. The second-order valence-electron chi connectivity index (χ2n) is 5.61. The van der Waals surface area contributed by atoms with Crippen molar-refractivity contribution in [2.75, 3.05) is 11.9 Å². The Kier molecular flexibility index (Phi) is 5.80. The van der Waals surface area contributed by atoms with Gasteiger partial charge in [-0.3, -0.25) is 14.3 Å². The molecule has 0 spiro atoms. The molecule has 0 saturated carbocycles. The van der Waals surface area contributed by atoms with E-state index in [1.54, 1.807) is 29.1 Å². The number of rotatable bonds is 6. The predicted molar refractivity (Wildman–Crippen MR) is 103 cm³/mol. The molecule has 0 aliphatic heterocycles. The highest BCUT2D eigenvalue weighted by Crippen LogP contribution is 2.20. The van der Waals surface area contributed by atoms with Gasteiger partial charge in [-0.05, 0) is 51.8 Å². The highest BCUT2D eigenvalue weighted by molar-refractivity contribution is 9.10. The van der Waals surface area contributed by atoms with Gasteiger partial charge >= 0.3 is 0 Å². The van der Waals surface area contributed by atoms with Gasteiger partial charge in [-0.1, -0.05) is 24.3 Å². The molecule has 26 heavy (non-hydrogen) atoms. The van der Waals surface area contributed by atoms with Crippen LogP contribution in [0.2, 0.25) is 0 Å². The van der Waals surface area contributed by atoms with Gasteiger partial charge in [-0.2, -0.15) is 5.10 Å². The van der Waals surface area contributed by atoms with Crippen LogP contribution in [0.15, 0.2) is 71.5 Å². The molecule has 0 aliphatic rings. The van der Waals surface area contributed by atoms with Crippen molar-refractivity contribution in [3.8, 4) is 0 Å². The Bertz CT molecular complexity index is 892. The minimum atomic E-state index is -0.294. The maximum atomic E-state index is 12.2. The SMILES string of the molecule is O=C(CNC(=O)c1ccc(Cn2cccn2)cc1)Nc1ccccc1Br. The number of nitrogens with zero attached hydrogens (tertiary/aromatic N) is 2. The molecular formula is C19H17BrN4O2.